The number of pyridine rings is 1. The molecule has 0 atom stereocenters. The maximum Gasteiger partial charge on any atom is 0.250 e. The van der Waals surface area contributed by atoms with Crippen molar-refractivity contribution in [3.05, 3.63) is 60.4 Å². The van der Waals surface area contributed by atoms with Crippen LogP contribution in [0.3, 0.4) is 0 Å². The summed E-state index contributed by atoms with van der Waals surface area (Å²) >= 11 is 0. The molecule has 3 N–H and O–H groups in total. The number of piperazine rings is 1. The van der Waals surface area contributed by atoms with E-state index < -0.39 is 0 Å². The molecule has 0 bridgehead atoms. The van der Waals surface area contributed by atoms with Gasteiger partial charge in [-0.2, -0.15) is 0 Å². The molecule has 0 saturated carbocycles. The van der Waals surface area contributed by atoms with Crippen molar-refractivity contribution in [2.24, 2.45) is 9.98 Å². The van der Waals surface area contributed by atoms with E-state index in [0.717, 1.165) is 77.5 Å². The molecule has 49 heavy (non-hydrogen) atoms. The summed E-state index contributed by atoms with van der Waals surface area (Å²) in [6.45, 7) is 17.6. The highest BCUT2D eigenvalue weighted by atomic mass is 16.5. The van der Waals surface area contributed by atoms with Gasteiger partial charge in [0.1, 0.15) is 18.3 Å². The van der Waals surface area contributed by atoms with Crippen molar-refractivity contribution in [3.8, 4) is 0 Å². The number of nitrogens with zero attached hydrogens (tertiary/aromatic N) is 6. The number of anilines is 3. The number of ether oxygens (including phenoxy) is 3. The molecule has 2 aliphatic rings. The minimum Gasteiger partial charge on any atom is -0.381 e. The number of carbonyl (C=O) groups is 1. The zero-order chi connectivity index (χ0) is 34.7. The van der Waals surface area contributed by atoms with Gasteiger partial charge in [0.25, 0.3) is 0 Å². The number of amides is 1. The van der Waals surface area contributed by atoms with Gasteiger partial charge in [-0.1, -0.05) is 30.3 Å². The van der Waals surface area contributed by atoms with E-state index in [-0.39, 0.29) is 18.6 Å². The van der Waals surface area contributed by atoms with Crippen LogP contribution < -0.4 is 16.0 Å². The number of benzene rings is 1. The smallest absolute Gasteiger partial charge is 0.250 e. The molecule has 0 spiro atoms. The molecule has 2 saturated heterocycles. The second kappa shape index (κ2) is 21.4. The first-order valence-electron chi connectivity index (χ1n) is 17.3. The Morgan fingerprint density at radius 2 is 1.67 bits per heavy atom. The summed E-state index contributed by atoms with van der Waals surface area (Å²) in [4.78, 5) is 33.1. The Labute approximate surface area is 291 Å². The predicted octanol–water partition coefficient (Wildman–Crippen LogP) is 3.78. The van der Waals surface area contributed by atoms with Crippen molar-refractivity contribution in [1.82, 2.24) is 19.7 Å². The first kappa shape index (κ1) is 38.1. The van der Waals surface area contributed by atoms with Gasteiger partial charge in [-0.15, -0.1) is 0 Å². The average Bonchev–Trinajstić information content (AvgIpc) is 3.12. The number of piperidine rings is 1. The second-order valence-electron chi connectivity index (χ2n) is 12.6. The summed E-state index contributed by atoms with van der Waals surface area (Å²) < 4.78 is 17.1. The Hall–Kier alpha value is -3.72. The van der Waals surface area contributed by atoms with Gasteiger partial charge in [0.2, 0.25) is 5.91 Å². The Bertz CT molecular complexity index is 1330. The Morgan fingerprint density at radius 1 is 0.980 bits per heavy atom. The van der Waals surface area contributed by atoms with E-state index in [1.807, 2.05) is 38.1 Å². The van der Waals surface area contributed by atoms with E-state index in [2.05, 4.69) is 59.5 Å². The van der Waals surface area contributed by atoms with Gasteiger partial charge < -0.3 is 30.2 Å². The largest absolute Gasteiger partial charge is 0.381 e. The van der Waals surface area contributed by atoms with Gasteiger partial charge in [-0.3, -0.25) is 29.5 Å². The Kier molecular flexibility index (Phi) is 16.6. The molecule has 13 nitrogen and oxygen atoms in total. The number of aliphatic imine (C=N–C) groups is 2. The molecule has 4 rings (SSSR count). The molecule has 0 aliphatic carbocycles. The van der Waals surface area contributed by atoms with Gasteiger partial charge in [0.05, 0.1) is 50.2 Å². The van der Waals surface area contributed by atoms with E-state index >= 15 is 0 Å². The summed E-state index contributed by atoms with van der Waals surface area (Å²) in [5.41, 5.74) is 2.53. The molecule has 1 amide bonds. The number of nitrogens with one attached hydrogen (secondary N) is 3. The first-order valence-corrected chi connectivity index (χ1v) is 17.3. The molecule has 2 aliphatic heterocycles. The van der Waals surface area contributed by atoms with E-state index in [4.69, 9.17) is 19.2 Å². The third-order valence-electron chi connectivity index (χ3n) is 8.44. The normalized spacial score (nSPS) is 17.1. The van der Waals surface area contributed by atoms with Crippen LogP contribution in [0.5, 0.6) is 0 Å². The third kappa shape index (κ3) is 14.3. The number of amidine groups is 1. The van der Waals surface area contributed by atoms with Crippen LogP contribution in [0.4, 0.5) is 17.2 Å². The fourth-order valence-corrected chi connectivity index (χ4v) is 5.64. The van der Waals surface area contributed by atoms with Crippen LogP contribution in [0.1, 0.15) is 32.3 Å². The van der Waals surface area contributed by atoms with E-state index in [9.17, 15) is 4.79 Å². The fourth-order valence-electron chi connectivity index (χ4n) is 5.64. The summed E-state index contributed by atoms with van der Waals surface area (Å²) in [5, 5.41) is 9.64. The lowest BCUT2D eigenvalue weighted by Gasteiger charge is -2.34. The lowest BCUT2D eigenvalue weighted by Crippen LogP contribution is -2.48. The number of hydrogen-bond donors (Lipinski definition) is 3. The third-order valence-corrected chi connectivity index (χ3v) is 8.44. The lowest BCUT2D eigenvalue weighted by atomic mass is 10.1. The number of hydrogen-bond acceptors (Lipinski definition) is 11. The second-order valence-corrected chi connectivity index (χ2v) is 12.6. The number of carbonyl (C=O) groups excluding carboxylic acids is 1. The Morgan fingerprint density at radius 3 is 2.33 bits per heavy atom. The highest BCUT2D eigenvalue weighted by Gasteiger charge is 2.19. The zero-order valence-electron chi connectivity index (χ0n) is 29.5. The van der Waals surface area contributed by atoms with E-state index in [0.29, 0.717) is 43.3 Å². The SMILES string of the molecule is C=N/C=C\C(=N/CN1CCC(OC)CC1)Nc1cc(NC(C)C)c(NC(=O)COCCN2CCN(CCOCc3ccccc3)CC2)cn1. The number of likely N-dealkylation sites (tertiary alicyclic amines) is 1. The number of methoxy groups -OCH3 is 1. The zero-order valence-corrected chi connectivity index (χ0v) is 29.5. The molecular weight excluding hydrogens is 622 g/mol. The van der Waals surface area contributed by atoms with Crippen LogP contribution in [-0.4, -0.2) is 136 Å². The minimum atomic E-state index is -0.228. The quantitative estimate of drug-likeness (QED) is 0.115. The van der Waals surface area contributed by atoms with E-state index in [1.165, 1.54) is 5.56 Å². The van der Waals surface area contributed by atoms with Crippen molar-refractivity contribution in [2.75, 3.05) is 102 Å². The molecule has 1 aromatic carbocycles. The van der Waals surface area contributed by atoms with Crippen LogP contribution in [0.25, 0.3) is 0 Å². The van der Waals surface area contributed by atoms with Crippen LogP contribution in [-0.2, 0) is 25.6 Å². The summed E-state index contributed by atoms with van der Waals surface area (Å²) in [6, 6.07) is 12.3. The predicted molar refractivity (Wildman–Crippen MR) is 198 cm³/mol. The minimum absolute atomic E-state index is 0.0301. The molecule has 2 fully saturated rings. The van der Waals surface area contributed by atoms with Gasteiger partial charge in [0, 0.05) is 77.8 Å². The van der Waals surface area contributed by atoms with Crippen molar-refractivity contribution < 1.29 is 19.0 Å². The first-order chi connectivity index (χ1) is 23.9. The fraction of sp³-hybridized carbons (Fsp3) is 0.556. The highest BCUT2D eigenvalue weighted by Crippen LogP contribution is 2.25. The molecule has 0 radical (unpaired) electrons. The Balaban J connectivity index is 1.18. The monoisotopic (exact) mass is 677 g/mol. The molecule has 268 valence electrons. The van der Waals surface area contributed by atoms with Crippen molar-refractivity contribution in [3.63, 3.8) is 0 Å². The van der Waals surface area contributed by atoms with Crippen LogP contribution in [0.15, 0.2) is 64.9 Å². The lowest BCUT2D eigenvalue weighted by molar-refractivity contribution is -0.120. The molecule has 13 heteroatoms. The molecule has 1 aromatic heterocycles. The topological polar surface area (TPSA) is 128 Å². The van der Waals surface area contributed by atoms with Crippen LogP contribution in [0, 0.1) is 0 Å². The van der Waals surface area contributed by atoms with Gasteiger partial charge in [-0.25, -0.2) is 4.98 Å². The van der Waals surface area contributed by atoms with E-state index in [1.54, 1.807) is 25.6 Å². The van der Waals surface area contributed by atoms with Crippen LogP contribution in [0.2, 0.25) is 0 Å². The maximum absolute atomic E-state index is 12.8. The maximum atomic E-state index is 12.8. The highest BCUT2D eigenvalue weighted by molar-refractivity contribution is 6.04. The van der Waals surface area contributed by atoms with Crippen molar-refractivity contribution in [2.45, 2.75) is 45.4 Å². The van der Waals surface area contributed by atoms with Crippen molar-refractivity contribution in [1.29, 1.82) is 0 Å². The molecule has 2 aromatic rings. The van der Waals surface area contributed by atoms with Crippen molar-refractivity contribution >= 4 is 35.7 Å². The van der Waals surface area contributed by atoms with Gasteiger partial charge in [-0.05, 0) is 45.0 Å². The summed E-state index contributed by atoms with van der Waals surface area (Å²) in [7, 11) is 1.77. The molecule has 3 heterocycles. The van der Waals surface area contributed by atoms with Crippen LogP contribution >= 0.6 is 0 Å². The number of aromatic nitrogens is 1. The average molecular weight is 678 g/mol. The molecule has 0 unspecified atom stereocenters. The van der Waals surface area contributed by atoms with Gasteiger partial charge in [0.15, 0.2) is 0 Å². The summed E-state index contributed by atoms with van der Waals surface area (Å²) in [6.07, 6.45) is 7.30. The van der Waals surface area contributed by atoms with Gasteiger partial charge >= 0.3 is 0 Å². The standard InChI is InChI=1S/C36H55N9O4/c1-29(2)40-32-24-35(42-34(10-13-37-3)39-28-45-14-11-31(47-4)12-15-45)38-25-33(32)41-36(46)27-49-23-21-44-18-16-43(17-19-44)20-22-48-26-30-8-6-5-7-9-30/h5-10,13,24-25,29,31H,3,11-12,14-23,26-28H2,1-2,4H3,(H,41,46)(H2,38,39,40,42)/b13-10-. The summed E-state index contributed by atoms with van der Waals surface area (Å²) in [5.74, 6) is 0.973. The number of rotatable bonds is 19. The molecular formula is C36H55N9O4.